The molecule has 7 nitrogen and oxygen atoms in total. The number of amides is 1. The van der Waals surface area contributed by atoms with Gasteiger partial charge in [-0.1, -0.05) is 23.7 Å². The molecule has 174 valence electrons. The Morgan fingerprint density at radius 2 is 1.88 bits per heavy atom. The lowest BCUT2D eigenvalue weighted by Gasteiger charge is -2.29. The summed E-state index contributed by atoms with van der Waals surface area (Å²) in [4.78, 5) is 29.5. The van der Waals surface area contributed by atoms with Crippen LogP contribution in [0, 0.1) is 5.82 Å². The maximum atomic E-state index is 14.1. The van der Waals surface area contributed by atoms with Crippen LogP contribution in [0.1, 0.15) is 23.6 Å². The zero-order valence-electron chi connectivity index (χ0n) is 17.8. The lowest BCUT2D eigenvalue weighted by Crippen LogP contribution is -2.39. The van der Waals surface area contributed by atoms with Crippen LogP contribution in [0.5, 0.6) is 5.75 Å². The van der Waals surface area contributed by atoms with E-state index in [1.807, 2.05) is 0 Å². The molecule has 2 aromatic carbocycles. The van der Waals surface area contributed by atoms with Gasteiger partial charge in [-0.2, -0.15) is 0 Å². The molecular formula is C24H24ClFN2O5. The SMILES string of the molecule is O=C1C(=O)N(CCCN2CCOCC2)[C@@H](c2cccc(F)c2)C1=C(O)c1cc(Cl)ccc1O. The van der Waals surface area contributed by atoms with Crippen LogP contribution in [0.3, 0.4) is 0 Å². The third kappa shape index (κ3) is 4.88. The summed E-state index contributed by atoms with van der Waals surface area (Å²) in [5.41, 5.74) is 0.0633. The summed E-state index contributed by atoms with van der Waals surface area (Å²) < 4.78 is 19.4. The smallest absolute Gasteiger partial charge is 0.295 e. The van der Waals surface area contributed by atoms with Gasteiger partial charge in [-0.05, 0) is 42.3 Å². The number of likely N-dealkylation sites (tertiary alicyclic amines) is 1. The summed E-state index contributed by atoms with van der Waals surface area (Å²) >= 11 is 6.01. The Kier molecular flexibility index (Phi) is 6.97. The normalized spacial score (nSPS) is 21.0. The maximum Gasteiger partial charge on any atom is 0.295 e. The number of aliphatic hydroxyl groups is 1. The second-order valence-corrected chi connectivity index (χ2v) is 8.45. The number of benzene rings is 2. The highest BCUT2D eigenvalue weighted by molar-refractivity contribution is 6.46. The summed E-state index contributed by atoms with van der Waals surface area (Å²) in [5.74, 6) is -3.06. The standard InChI is InChI=1S/C24H24ClFN2O5/c25-16-5-6-19(29)18(14-16)22(30)20-21(15-3-1-4-17(26)13-15)28(24(32)23(20)31)8-2-7-27-9-11-33-12-10-27/h1,3-6,13-14,21,29-30H,2,7-12H2/t21-/m0/s1. The van der Waals surface area contributed by atoms with Crippen molar-refractivity contribution in [1.29, 1.82) is 0 Å². The fraction of sp³-hybridized carbons (Fsp3) is 0.333. The van der Waals surface area contributed by atoms with Crippen LogP contribution in [0.25, 0.3) is 5.76 Å². The molecule has 2 aliphatic heterocycles. The maximum absolute atomic E-state index is 14.1. The van der Waals surface area contributed by atoms with Crippen LogP contribution < -0.4 is 0 Å². The van der Waals surface area contributed by atoms with Gasteiger partial charge in [-0.25, -0.2) is 4.39 Å². The van der Waals surface area contributed by atoms with Crippen LogP contribution in [-0.2, 0) is 14.3 Å². The second-order valence-electron chi connectivity index (χ2n) is 8.02. The first-order valence-electron chi connectivity index (χ1n) is 10.7. The van der Waals surface area contributed by atoms with E-state index in [0.717, 1.165) is 13.1 Å². The number of hydrogen-bond acceptors (Lipinski definition) is 6. The number of ether oxygens (including phenoxy) is 1. The van der Waals surface area contributed by atoms with Gasteiger partial charge in [0.25, 0.3) is 11.7 Å². The van der Waals surface area contributed by atoms with E-state index in [-0.39, 0.29) is 28.5 Å². The van der Waals surface area contributed by atoms with E-state index in [1.165, 1.54) is 41.3 Å². The summed E-state index contributed by atoms with van der Waals surface area (Å²) in [5, 5.41) is 21.5. The third-order valence-corrected chi connectivity index (χ3v) is 6.13. The number of phenolic OH excluding ortho intramolecular Hbond substituents is 1. The van der Waals surface area contributed by atoms with E-state index >= 15 is 0 Å². The zero-order chi connectivity index (χ0) is 23.5. The van der Waals surface area contributed by atoms with Crippen LogP contribution in [-0.4, -0.2) is 71.1 Å². The average Bonchev–Trinajstić information content (AvgIpc) is 3.06. The van der Waals surface area contributed by atoms with Crippen molar-refractivity contribution in [1.82, 2.24) is 9.80 Å². The molecule has 9 heteroatoms. The number of hydrogen-bond donors (Lipinski definition) is 2. The Morgan fingerprint density at radius 1 is 1.12 bits per heavy atom. The van der Waals surface area contributed by atoms with Crippen molar-refractivity contribution in [2.75, 3.05) is 39.4 Å². The Labute approximate surface area is 195 Å². The molecule has 2 saturated heterocycles. The molecule has 2 fully saturated rings. The predicted octanol–water partition coefficient (Wildman–Crippen LogP) is 3.33. The molecule has 0 bridgehead atoms. The van der Waals surface area contributed by atoms with Crippen molar-refractivity contribution >= 4 is 29.1 Å². The monoisotopic (exact) mass is 474 g/mol. The fourth-order valence-electron chi connectivity index (χ4n) is 4.27. The van der Waals surface area contributed by atoms with Crippen LogP contribution in [0.2, 0.25) is 5.02 Å². The Hall–Kier alpha value is -2.94. The van der Waals surface area contributed by atoms with Crippen LogP contribution in [0.4, 0.5) is 4.39 Å². The van der Waals surface area contributed by atoms with Crippen LogP contribution >= 0.6 is 11.6 Å². The number of Topliss-reactive ketones (excluding diaryl/α,β-unsaturated/α-hetero) is 1. The summed E-state index contributed by atoms with van der Waals surface area (Å²) in [7, 11) is 0. The first-order chi connectivity index (χ1) is 15.9. The Balaban J connectivity index is 1.71. The number of nitrogens with zero attached hydrogens (tertiary/aromatic N) is 2. The van der Waals surface area contributed by atoms with E-state index in [9.17, 15) is 24.2 Å². The molecule has 0 radical (unpaired) electrons. The summed E-state index contributed by atoms with van der Waals surface area (Å²) in [6.45, 7) is 3.83. The fourth-order valence-corrected chi connectivity index (χ4v) is 4.44. The third-order valence-electron chi connectivity index (χ3n) is 5.90. The van der Waals surface area contributed by atoms with E-state index in [2.05, 4.69) is 4.90 Å². The second kappa shape index (κ2) is 9.91. The molecule has 0 unspecified atom stereocenters. The zero-order valence-corrected chi connectivity index (χ0v) is 18.6. The molecule has 33 heavy (non-hydrogen) atoms. The number of halogens is 2. The van der Waals surface area contributed by atoms with Gasteiger partial charge in [0.05, 0.1) is 30.4 Å². The van der Waals surface area contributed by atoms with E-state index in [4.69, 9.17) is 16.3 Å². The minimum absolute atomic E-state index is 0.0739. The number of carbonyl (C=O) groups is 2. The molecule has 4 rings (SSSR count). The van der Waals surface area contributed by atoms with E-state index in [1.54, 1.807) is 6.07 Å². The highest BCUT2D eigenvalue weighted by Crippen LogP contribution is 2.41. The predicted molar refractivity (Wildman–Crippen MR) is 120 cm³/mol. The molecule has 0 spiro atoms. The highest BCUT2D eigenvalue weighted by atomic mass is 35.5. The van der Waals surface area contributed by atoms with Gasteiger partial charge in [-0.15, -0.1) is 0 Å². The molecule has 2 aliphatic rings. The highest BCUT2D eigenvalue weighted by Gasteiger charge is 2.46. The molecule has 2 aromatic rings. The Morgan fingerprint density at radius 3 is 2.61 bits per heavy atom. The molecule has 0 aromatic heterocycles. The first kappa shape index (κ1) is 23.2. The lowest BCUT2D eigenvalue weighted by atomic mass is 9.95. The lowest BCUT2D eigenvalue weighted by molar-refractivity contribution is -0.140. The molecular weight excluding hydrogens is 451 g/mol. The van der Waals surface area contributed by atoms with Gasteiger partial charge in [-0.3, -0.25) is 14.5 Å². The summed E-state index contributed by atoms with van der Waals surface area (Å²) in [6, 6.07) is 8.60. The molecule has 1 amide bonds. The topological polar surface area (TPSA) is 90.3 Å². The van der Waals surface area contributed by atoms with Crippen molar-refractivity contribution in [2.45, 2.75) is 12.5 Å². The summed E-state index contributed by atoms with van der Waals surface area (Å²) in [6.07, 6.45) is 0.585. The van der Waals surface area contributed by atoms with E-state index < -0.39 is 29.3 Å². The largest absolute Gasteiger partial charge is 0.507 e. The number of rotatable bonds is 6. The van der Waals surface area contributed by atoms with Gasteiger partial charge < -0.3 is 19.8 Å². The van der Waals surface area contributed by atoms with Gasteiger partial charge in [0, 0.05) is 31.2 Å². The number of aromatic hydroxyl groups is 1. The van der Waals surface area contributed by atoms with Gasteiger partial charge >= 0.3 is 0 Å². The van der Waals surface area contributed by atoms with Crippen molar-refractivity contribution in [3.05, 3.63) is 70.0 Å². The first-order valence-corrected chi connectivity index (χ1v) is 11.1. The number of ketones is 1. The minimum atomic E-state index is -0.997. The number of carbonyl (C=O) groups excluding carboxylic acids is 2. The van der Waals surface area contributed by atoms with Gasteiger partial charge in [0.1, 0.15) is 17.3 Å². The number of aliphatic hydroxyl groups excluding tert-OH is 1. The minimum Gasteiger partial charge on any atom is -0.507 e. The van der Waals surface area contributed by atoms with Crippen molar-refractivity contribution in [3.63, 3.8) is 0 Å². The van der Waals surface area contributed by atoms with Crippen molar-refractivity contribution in [2.24, 2.45) is 0 Å². The molecule has 0 saturated carbocycles. The van der Waals surface area contributed by atoms with Gasteiger partial charge in [0.2, 0.25) is 0 Å². The number of phenols is 1. The molecule has 1 atom stereocenters. The number of morpholine rings is 1. The average molecular weight is 475 g/mol. The van der Waals surface area contributed by atoms with Gasteiger partial charge in [0.15, 0.2) is 0 Å². The quantitative estimate of drug-likeness (QED) is 0.379. The molecule has 0 aliphatic carbocycles. The van der Waals surface area contributed by atoms with E-state index in [0.29, 0.717) is 31.7 Å². The Bertz CT molecular complexity index is 1100. The molecule has 2 heterocycles. The molecule has 2 N–H and O–H groups in total. The van der Waals surface area contributed by atoms with Crippen molar-refractivity contribution in [3.8, 4) is 5.75 Å². The van der Waals surface area contributed by atoms with Crippen molar-refractivity contribution < 1.29 is 28.9 Å². The van der Waals surface area contributed by atoms with Crippen LogP contribution in [0.15, 0.2) is 48.0 Å².